The lowest BCUT2D eigenvalue weighted by atomic mass is 10.1. The van der Waals surface area contributed by atoms with Crippen LogP contribution >= 0.6 is 10.2 Å². The molecule has 13 heteroatoms. The zero-order valence-electron chi connectivity index (χ0n) is 16.4. The lowest BCUT2D eigenvalue weighted by Crippen LogP contribution is -2.43. The zero-order chi connectivity index (χ0) is 23.4. The topological polar surface area (TPSA) is 80.1 Å². The first-order valence-corrected chi connectivity index (χ1v) is 11.1. The first-order valence-electron chi connectivity index (χ1n) is 9.19. The Morgan fingerprint density at radius 1 is 1.09 bits per heavy atom. The molecule has 0 spiro atoms. The van der Waals surface area contributed by atoms with Gasteiger partial charge in [0.15, 0.2) is 5.69 Å². The summed E-state index contributed by atoms with van der Waals surface area (Å²) in [6, 6.07) is 4.83. The smallest absolute Gasteiger partial charge is 0.310 e. The van der Waals surface area contributed by atoms with Gasteiger partial charge < -0.3 is 10.2 Å². The van der Waals surface area contributed by atoms with E-state index >= 15 is 0 Å². The van der Waals surface area contributed by atoms with Crippen LogP contribution in [0.15, 0.2) is 59.9 Å². The molecule has 3 aromatic rings. The van der Waals surface area contributed by atoms with Crippen LogP contribution in [0.25, 0.3) is 0 Å². The number of amides is 2. The van der Waals surface area contributed by atoms with Crippen molar-refractivity contribution in [1.82, 2.24) is 14.8 Å². The maximum absolute atomic E-state index is 13.1. The summed E-state index contributed by atoms with van der Waals surface area (Å²) >= 11 is 0. The molecule has 0 bridgehead atoms. The van der Waals surface area contributed by atoms with Crippen molar-refractivity contribution in [3.8, 4) is 0 Å². The fourth-order valence-electron chi connectivity index (χ4n) is 3.35. The Hall–Kier alpha value is -3.48. The molecule has 4 rings (SSSR count). The zero-order valence-corrected chi connectivity index (χ0v) is 17.2. The van der Waals surface area contributed by atoms with E-state index in [1.807, 2.05) is 0 Å². The molecule has 2 amide bonds. The number of anilines is 2. The molecule has 1 atom stereocenters. The summed E-state index contributed by atoms with van der Waals surface area (Å²) in [7, 11) is -9.83. The van der Waals surface area contributed by atoms with E-state index in [9.17, 15) is 29.0 Å². The van der Waals surface area contributed by atoms with E-state index < -0.39 is 33.0 Å². The molecule has 1 aliphatic heterocycles. The second-order valence-electron chi connectivity index (χ2n) is 7.27. The molecule has 0 saturated heterocycles. The SMILES string of the molecule is CC1CN(c2ccc(S(F)(F)(F)(F)F)cc2)C(=O)c2c(NC(=O)c3cccnc3)cnn21. The van der Waals surface area contributed by atoms with Crippen molar-refractivity contribution in [3.05, 3.63) is 66.2 Å². The monoisotopic (exact) mass is 473 g/mol. The van der Waals surface area contributed by atoms with Crippen LogP contribution in [0.5, 0.6) is 0 Å². The van der Waals surface area contributed by atoms with Gasteiger partial charge in [0.25, 0.3) is 11.8 Å². The van der Waals surface area contributed by atoms with Gasteiger partial charge in [0.2, 0.25) is 0 Å². The second kappa shape index (κ2) is 6.51. The minimum Gasteiger partial charge on any atom is -0.319 e. The Kier molecular flexibility index (Phi) is 4.42. The molecule has 0 radical (unpaired) electrons. The largest absolute Gasteiger partial charge is 0.319 e. The van der Waals surface area contributed by atoms with Gasteiger partial charge in [0.05, 0.1) is 23.5 Å². The molecule has 0 saturated carbocycles. The number of carbonyl (C=O) groups excluding carboxylic acids is 2. The van der Waals surface area contributed by atoms with E-state index in [1.54, 1.807) is 13.0 Å². The normalized spacial score (nSPS) is 18.5. The minimum atomic E-state index is -9.83. The Bertz CT molecular complexity index is 1210. The number of benzene rings is 1. The number of nitrogens with one attached hydrogen (secondary N) is 1. The van der Waals surface area contributed by atoms with Crippen LogP contribution in [0.1, 0.15) is 33.8 Å². The van der Waals surface area contributed by atoms with Crippen LogP contribution in [-0.2, 0) is 0 Å². The molecule has 7 nitrogen and oxygen atoms in total. The summed E-state index contributed by atoms with van der Waals surface area (Å²) in [6.07, 6.45) is 4.12. The molecule has 170 valence electrons. The van der Waals surface area contributed by atoms with Crippen LogP contribution in [0.2, 0.25) is 0 Å². The number of halogens is 5. The number of hydrogen-bond donors (Lipinski definition) is 1. The summed E-state index contributed by atoms with van der Waals surface area (Å²) in [5, 5.41) is 6.70. The maximum atomic E-state index is 13.1. The summed E-state index contributed by atoms with van der Waals surface area (Å²) in [4.78, 5) is 28.5. The molecular formula is C19H16F5N5O2S. The van der Waals surface area contributed by atoms with Gasteiger partial charge in [-0.3, -0.25) is 19.3 Å². The van der Waals surface area contributed by atoms with Crippen molar-refractivity contribution in [3.63, 3.8) is 0 Å². The van der Waals surface area contributed by atoms with Crippen molar-refractivity contribution in [2.24, 2.45) is 0 Å². The Morgan fingerprint density at radius 3 is 2.38 bits per heavy atom. The molecule has 0 fully saturated rings. The molecule has 1 aromatic carbocycles. The van der Waals surface area contributed by atoms with Gasteiger partial charge in [-0.15, -0.1) is 0 Å². The first-order chi connectivity index (χ1) is 14.7. The molecular weight excluding hydrogens is 457 g/mol. The van der Waals surface area contributed by atoms with Crippen LogP contribution in [0.3, 0.4) is 0 Å². The third-order valence-corrected chi connectivity index (χ3v) is 6.04. The number of pyridine rings is 1. The summed E-state index contributed by atoms with van der Waals surface area (Å²) in [6.45, 7) is 1.75. The summed E-state index contributed by atoms with van der Waals surface area (Å²) < 4.78 is 66.4. The summed E-state index contributed by atoms with van der Waals surface area (Å²) in [5.41, 5.74) is 0.360. The van der Waals surface area contributed by atoms with Crippen molar-refractivity contribution >= 4 is 33.4 Å². The standard InChI is InChI=1S/C19H16F5N5O2S/c1-12-11-28(14-4-6-15(7-5-14)32(20,21,22,23)24)19(31)17-16(10-26-29(12)17)27-18(30)13-3-2-8-25-9-13/h2-10,12H,11H2,1H3,(H,27,30). The third kappa shape index (κ3) is 4.02. The Labute approximate surface area is 178 Å². The minimum absolute atomic E-state index is 0.00411. The average Bonchev–Trinajstić information content (AvgIpc) is 3.14. The van der Waals surface area contributed by atoms with Crippen LogP contribution in [0, 0.1) is 0 Å². The molecule has 1 aliphatic rings. The number of nitrogens with zero attached hydrogens (tertiary/aromatic N) is 4. The van der Waals surface area contributed by atoms with Crippen LogP contribution in [0.4, 0.5) is 30.8 Å². The highest BCUT2D eigenvalue weighted by atomic mass is 32.5. The predicted octanol–water partition coefficient (Wildman–Crippen LogP) is 5.41. The van der Waals surface area contributed by atoms with Gasteiger partial charge in [-0.2, -0.15) is 5.10 Å². The lowest BCUT2D eigenvalue weighted by molar-refractivity contribution is 0.0954. The number of carbonyl (C=O) groups is 2. The van der Waals surface area contributed by atoms with E-state index in [2.05, 4.69) is 15.4 Å². The van der Waals surface area contributed by atoms with Crippen LogP contribution < -0.4 is 10.2 Å². The van der Waals surface area contributed by atoms with Crippen molar-refractivity contribution in [2.45, 2.75) is 17.9 Å². The van der Waals surface area contributed by atoms with E-state index in [1.165, 1.54) is 29.3 Å². The second-order valence-corrected chi connectivity index (χ2v) is 9.68. The number of hydrogen-bond acceptors (Lipinski definition) is 4. The van der Waals surface area contributed by atoms with Crippen LogP contribution in [-0.4, -0.2) is 33.1 Å². The van der Waals surface area contributed by atoms with Crippen molar-refractivity contribution in [1.29, 1.82) is 0 Å². The van der Waals surface area contributed by atoms with Gasteiger partial charge in [-0.1, -0.05) is 19.4 Å². The van der Waals surface area contributed by atoms with Gasteiger partial charge in [-0.05, 0) is 43.3 Å². The maximum Gasteiger partial charge on any atom is 0.310 e. The highest BCUT2D eigenvalue weighted by Crippen LogP contribution is 3.02. The summed E-state index contributed by atoms with van der Waals surface area (Å²) in [5.74, 6) is -1.19. The van der Waals surface area contributed by atoms with Gasteiger partial charge in [0.1, 0.15) is 4.90 Å². The average molecular weight is 473 g/mol. The van der Waals surface area contributed by atoms with Gasteiger partial charge in [0, 0.05) is 24.6 Å². The highest BCUT2D eigenvalue weighted by molar-refractivity contribution is 8.45. The number of aromatic nitrogens is 3. The van der Waals surface area contributed by atoms with E-state index in [4.69, 9.17) is 0 Å². The quantitative estimate of drug-likeness (QED) is 0.514. The molecule has 2 aromatic heterocycles. The molecule has 0 aliphatic carbocycles. The Balaban J connectivity index is 1.65. The van der Waals surface area contributed by atoms with Gasteiger partial charge in [-0.25, -0.2) is 0 Å². The van der Waals surface area contributed by atoms with E-state index in [-0.39, 0.29) is 41.3 Å². The van der Waals surface area contributed by atoms with E-state index in [0.717, 1.165) is 17.0 Å². The fourth-order valence-corrected chi connectivity index (χ4v) is 4.00. The first kappa shape index (κ1) is 21.7. The molecule has 1 N–H and O–H groups in total. The van der Waals surface area contributed by atoms with E-state index in [0.29, 0.717) is 0 Å². The van der Waals surface area contributed by atoms with Crippen molar-refractivity contribution in [2.75, 3.05) is 16.8 Å². The molecule has 3 heterocycles. The predicted molar refractivity (Wildman–Crippen MR) is 109 cm³/mol. The van der Waals surface area contributed by atoms with Crippen molar-refractivity contribution < 1.29 is 29.0 Å². The van der Waals surface area contributed by atoms with Gasteiger partial charge >= 0.3 is 10.2 Å². The molecule has 1 unspecified atom stereocenters. The highest BCUT2D eigenvalue weighted by Gasteiger charge is 2.65. The lowest BCUT2D eigenvalue weighted by Gasteiger charge is -2.40. The molecule has 32 heavy (non-hydrogen) atoms. The third-order valence-electron chi connectivity index (χ3n) is 4.87. The number of rotatable bonds is 4. The fraction of sp³-hybridized carbons (Fsp3) is 0.158. The Morgan fingerprint density at radius 2 is 1.78 bits per heavy atom. The number of fused-ring (bicyclic) bond motifs is 1.